The predicted molar refractivity (Wildman–Crippen MR) is 71.9 cm³/mol. The smallest absolute Gasteiger partial charge is 0.288 e. The molecule has 0 heterocycles. The molecular weight excluding hydrogens is 309 g/mol. The molecule has 0 saturated carbocycles. The standard InChI is InChI=1S/C14H10F5NS/c15-9-5-8(6-10(16)13(9)17)7-20-11-3-1-2-4-12(11)21-14(18)19/h1-6,14,20H,7H2. The summed E-state index contributed by atoms with van der Waals surface area (Å²) >= 11 is 0.365. The molecule has 0 radical (unpaired) electrons. The lowest BCUT2D eigenvalue weighted by molar-refractivity contribution is 0.252. The van der Waals surface area contributed by atoms with Crippen molar-refractivity contribution in [2.45, 2.75) is 17.2 Å². The lowest BCUT2D eigenvalue weighted by Gasteiger charge is -2.11. The number of halogens is 5. The normalized spacial score (nSPS) is 11.0. The molecule has 0 unspecified atom stereocenters. The Bertz CT molecular complexity index is 610. The molecule has 2 rings (SSSR count). The number of benzene rings is 2. The zero-order chi connectivity index (χ0) is 15.4. The average Bonchev–Trinajstić information content (AvgIpc) is 2.43. The number of nitrogens with one attached hydrogen (secondary N) is 1. The predicted octanol–water partition coefficient (Wildman–Crippen LogP) is 5.03. The van der Waals surface area contributed by atoms with Crippen LogP contribution in [0.3, 0.4) is 0 Å². The molecule has 2 aromatic rings. The SMILES string of the molecule is Fc1cc(CNc2ccccc2SC(F)F)cc(F)c1F. The Labute approximate surface area is 122 Å². The number of rotatable bonds is 5. The molecule has 0 aliphatic rings. The second kappa shape index (κ2) is 6.80. The lowest BCUT2D eigenvalue weighted by Crippen LogP contribution is -2.03. The maximum absolute atomic E-state index is 13.1. The molecule has 7 heteroatoms. The Hall–Kier alpha value is -1.76. The van der Waals surface area contributed by atoms with Crippen molar-refractivity contribution in [2.75, 3.05) is 5.32 Å². The van der Waals surface area contributed by atoms with Gasteiger partial charge in [-0.1, -0.05) is 23.9 Å². The van der Waals surface area contributed by atoms with E-state index < -0.39 is 23.2 Å². The van der Waals surface area contributed by atoms with Crippen molar-refractivity contribution in [1.82, 2.24) is 0 Å². The second-order valence-electron chi connectivity index (χ2n) is 4.10. The fraction of sp³-hybridized carbons (Fsp3) is 0.143. The van der Waals surface area contributed by atoms with Crippen LogP contribution in [0.15, 0.2) is 41.3 Å². The molecule has 1 N–H and O–H groups in total. The van der Waals surface area contributed by atoms with Gasteiger partial charge in [-0.05, 0) is 29.8 Å². The van der Waals surface area contributed by atoms with Gasteiger partial charge in [0.05, 0.1) is 0 Å². The fourth-order valence-electron chi connectivity index (χ4n) is 1.72. The van der Waals surface area contributed by atoms with Crippen LogP contribution in [0.1, 0.15) is 5.56 Å². The number of anilines is 1. The van der Waals surface area contributed by atoms with E-state index >= 15 is 0 Å². The third kappa shape index (κ3) is 4.10. The third-order valence-corrected chi connectivity index (χ3v) is 3.42. The minimum absolute atomic E-state index is 0.0189. The number of para-hydroxylation sites is 1. The van der Waals surface area contributed by atoms with Crippen LogP contribution < -0.4 is 5.32 Å². The Morgan fingerprint density at radius 1 is 1.00 bits per heavy atom. The summed E-state index contributed by atoms with van der Waals surface area (Å²) in [7, 11) is 0. The number of hydrogen-bond acceptors (Lipinski definition) is 2. The van der Waals surface area contributed by atoms with Gasteiger partial charge in [-0.25, -0.2) is 13.2 Å². The molecule has 2 aromatic carbocycles. The first-order valence-corrected chi connectivity index (χ1v) is 6.76. The van der Waals surface area contributed by atoms with E-state index in [0.717, 1.165) is 12.1 Å². The minimum atomic E-state index is -2.58. The van der Waals surface area contributed by atoms with Crippen molar-refractivity contribution in [1.29, 1.82) is 0 Å². The van der Waals surface area contributed by atoms with Crippen LogP contribution in [0.25, 0.3) is 0 Å². The highest BCUT2D eigenvalue weighted by Crippen LogP contribution is 2.31. The van der Waals surface area contributed by atoms with Crippen LogP contribution in [-0.2, 0) is 6.54 Å². The maximum Gasteiger partial charge on any atom is 0.288 e. The molecule has 0 atom stereocenters. The van der Waals surface area contributed by atoms with E-state index in [1.165, 1.54) is 6.07 Å². The van der Waals surface area contributed by atoms with E-state index in [1.807, 2.05) is 0 Å². The second-order valence-corrected chi connectivity index (χ2v) is 5.13. The zero-order valence-corrected chi connectivity index (χ0v) is 11.4. The topological polar surface area (TPSA) is 12.0 Å². The molecule has 21 heavy (non-hydrogen) atoms. The molecule has 0 aliphatic heterocycles. The first-order valence-electron chi connectivity index (χ1n) is 5.88. The van der Waals surface area contributed by atoms with Gasteiger partial charge < -0.3 is 5.32 Å². The maximum atomic E-state index is 13.1. The van der Waals surface area contributed by atoms with Crippen LogP contribution in [0.2, 0.25) is 0 Å². The summed E-state index contributed by atoms with van der Waals surface area (Å²) in [5, 5.41) is 2.80. The highest BCUT2D eigenvalue weighted by molar-refractivity contribution is 7.99. The Balaban J connectivity index is 2.13. The third-order valence-electron chi connectivity index (χ3n) is 2.63. The van der Waals surface area contributed by atoms with Crippen LogP contribution >= 0.6 is 11.8 Å². The first kappa shape index (κ1) is 15.6. The van der Waals surface area contributed by atoms with Gasteiger partial charge in [-0.2, -0.15) is 8.78 Å². The molecule has 0 fully saturated rings. The molecular formula is C14H10F5NS. The Kier molecular flexibility index (Phi) is 5.06. The van der Waals surface area contributed by atoms with E-state index in [2.05, 4.69) is 5.32 Å². The highest BCUT2D eigenvalue weighted by atomic mass is 32.2. The largest absolute Gasteiger partial charge is 0.380 e. The Morgan fingerprint density at radius 3 is 2.24 bits per heavy atom. The van der Waals surface area contributed by atoms with Crippen LogP contribution in [-0.4, -0.2) is 5.76 Å². The summed E-state index contributed by atoms with van der Waals surface area (Å²) in [6, 6.07) is 8.03. The van der Waals surface area contributed by atoms with E-state index in [9.17, 15) is 22.0 Å². The van der Waals surface area contributed by atoms with E-state index in [1.54, 1.807) is 18.2 Å². The summed E-state index contributed by atoms with van der Waals surface area (Å²) < 4.78 is 63.8. The summed E-state index contributed by atoms with van der Waals surface area (Å²) in [4.78, 5) is 0.315. The van der Waals surface area contributed by atoms with Crippen LogP contribution in [0.4, 0.5) is 27.6 Å². The minimum Gasteiger partial charge on any atom is -0.380 e. The molecule has 0 aromatic heterocycles. The van der Waals surface area contributed by atoms with Crippen molar-refractivity contribution < 1.29 is 22.0 Å². The van der Waals surface area contributed by atoms with E-state index in [4.69, 9.17) is 0 Å². The zero-order valence-electron chi connectivity index (χ0n) is 10.5. The molecule has 0 spiro atoms. The van der Waals surface area contributed by atoms with Gasteiger partial charge in [0.25, 0.3) is 5.76 Å². The van der Waals surface area contributed by atoms with Gasteiger partial charge in [0, 0.05) is 17.1 Å². The van der Waals surface area contributed by atoms with Crippen LogP contribution in [0.5, 0.6) is 0 Å². The van der Waals surface area contributed by atoms with Gasteiger partial charge in [0.15, 0.2) is 17.5 Å². The van der Waals surface area contributed by atoms with Crippen molar-refractivity contribution in [3.8, 4) is 0 Å². The Morgan fingerprint density at radius 2 is 1.62 bits per heavy atom. The van der Waals surface area contributed by atoms with E-state index in [0.29, 0.717) is 22.3 Å². The van der Waals surface area contributed by atoms with Gasteiger partial charge in [-0.15, -0.1) is 0 Å². The molecule has 1 nitrogen and oxygen atoms in total. The summed E-state index contributed by atoms with van der Waals surface area (Å²) in [5.41, 5.74) is 0.580. The summed E-state index contributed by atoms with van der Waals surface area (Å²) in [6.07, 6.45) is 0. The average molecular weight is 319 g/mol. The summed E-state index contributed by atoms with van der Waals surface area (Å²) in [6.45, 7) is -0.0189. The van der Waals surface area contributed by atoms with Gasteiger partial charge in [-0.3, -0.25) is 0 Å². The molecule has 112 valence electrons. The summed E-state index contributed by atoms with van der Waals surface area (Å²) in [5.74, 6) is -6.69. The molecule has 0 saturated heterocycles. The van der Waals surface area contributed by atoms with E-state index in [-0.39, 0.29) is 12.1 Å². The number of alkyl halides is 2. The number of hydrogen-bond donors (Lipinski definition) is 1. The first-order chi connectivity index (χ1) is 9.97. The van der Waals surface area contributed by atoms with Gasteiger partial charge in [0.2, 0.25) is 0 Å². The monoisotopic (exact) mass is 319 g/mol. The van der Waals surface area contributed by atoms with Crippen LogP contribution in [0, 0.1) is 17.5 Å². The van der Waals surface area contributed by atoms with Crippen molar-refractivity contribution in [3.63, 3.8) is 0 Å². The fourth-order valence-corrected chi connectivity index (χ4v) is 2.34. The quantitative estimate of drug-likeness (QED) is 0.471. The number of thioether (sulfide) groups is 1. The van der Waals surface area contributed by atoms with Crippen molar-refractivity contribution in [3.05, 3.63) is 59.4 Å². The lowest BCUT2D eigenvalue weighted by atomic mass is 10.2. The van der Waals surface area contributed by atoms with Crippen molar-refractivity contribution >= 4 is 17.4 Å². The van der Waals surface area contributed by atoms with Gasteiger partial charge in [0.1, 0.15) is 0 Å². The van der Waals surface area contributed by atoms with Gasteiger partial charge >= 0.3 is 0 Å². The molecule has 0 aliphatic carbocycles. The highest BCUT2D eigenvalue weighted by Gasteiger charge is 2.12. The molecule has 0 amide bonds. The molecule has 0 bridgehead atoms. The van der Waals surface area contributed by atoms with Crippen molar-refractivity contribution in [2.24, 2.45) is 0 Å².